The topological polar surface area (TPSA) is 79.9 Å². The van der Waals surface area contributed by atoms with Crippen molar-refractivity contribution in [2.45, 2.75) is 19.8 Å². The molecule has 22 heavy (non-hydrogen) atoms. The van der Waals surface area contributed by atoms with Gasteiger partial charge in [-0.3, -0.25) is 4.79 Å². The second-order valence-electron chi connectivity index (χ2n) is 5.48. The third kappa shape index (κ3) is 3.51. The summed E-state index contributed by atoms with van der Waals surface area (Å²) in [5.74, 6) is 1.94. The van der Waals surface area contributed by atoms with Gasteiger partial charge in [0.1, 0.15) is 11.6 Å². The van der Waals surface area contributed by atoms with Crippen LogP contribution in [0.25, 0.3) is 11.4 Å². The molecule has 1 saturated heterocycles. The van der Waals surface area contributed by atoms with E-state index in [4.69, 9.17) is 4.74 Å². The molecule has 1 atom stereocenters. The Morgan fingerprint density at radius 2 is 2.36 bits per heavy atom. The van der Waals surface area contributed by atoms with Crippen LogP contribution in [-0.4, -0.2) is 34.7 Å². The summed E-state index contributed by atoms with van der Waals surface area (Å²) in [5.41, 5.74) is 1.45. The minimum atomic E-state index is -0.134. The van der Waals surface area contributed by atoms with Gasteiger partial charge in [0.25, 0.3) is 5.56 Å². The van der Waals surface area contributed by atoms with Crippen LogP contribution in [0, 0.1) is 5.92 Å². The van der Waals surface area contributed by atoms with Gasteiger partial charge in [0.15, 0.2) is 0 Å². The maximum atomic E-state index is 11.6. The number of aromatic amines is 1. The number of hydrogen-bond acceptors (Lipinski definition) is 5. The zero-order valence-electron chi connectivity index (χ0n) is 12.6. The first-order valence-corrected chi connectivity index (χ1v) is 7.63. The molecule has 1 aliphatic rings. The van der Waals surface area contributed by atoms with Gasteiger partial charge in [0, 0.05) is 42.6 Å². The monoisotopic (exact) mass is 300 g/mol. The Morgan fingerprint density at radius 3 is 3.05 bits per heavy atom. The van der Waals surface area contributed by atoms with E-state index in [1.54, 1.807) is 6.20 Å². The van der Waals surface area contributed by atoms with Gasteiger partial charge < -0.3 is 15.0 Å². The summed E-state index contributed by atoms with van der Waals surface area (Å²) in [6.45, 7) is 4.52. The van der Waals surface area contributed by atoms with E-state index in [1.807, 2.05) is 19.1 Å². The van der Waals surface area contributed by atoms with Crippen molar-refractivity contribution in [1.82, 2.24) is 15.0 Å². The molecule has 0 bridgehead atoms. The molecule has 0 aromatic carbocycles. The molecule has 0 saturated carbocycles. The molecule has 2 N–H and O–H groups in total. The Bertz CT molecular complexity index is 675. The Morgan fingerprint density at radius 1 is 1.45 bits per heavy atom. The fraction of sp³-hybridized carbons (Fsp3) is 0.438. The molecular weight excluding hydrogens is 280 g/mol. The highest BCUT2D eigenvalue weighted by Crippen LogP contribution is 2.16. The van der Waals surface area contributed by atoms with Gasteiger partial charge in [-0.05, 0) is 25.0 Å². The molecule has 0 unspecified atom stereocenters. The number of aryl methyl sites for hydroxylation is 1. The van der Waals surface area contributed by atoms with Gasteiger partial charge in [0.05, 0.1) is 6.61 Å². The predicted octanol–water partition coefficient (Wildman–Crippen LogP) is 1.84. The normalized spacial score (nSPS) is 17.6. The summed E-state index contributed by atoms with van der Waals surface area (Å²) in [6.07, 6.45) is 3.55. The Hall–Kier alpha value is -2.21. The lowest BCUT2D eigenvalue weighted by Crippen LogP contribution is -2.14. The molecule has 6 heteroatoms. The SMILES string of the molecule is CCc1cc(=O)[nH]c(-c2ccc(NC[C@@H]3CCOC3)nc2)n1. The number of aromatic nitrogens is 3. The average molecular weight is 300 g/mol. The van der Waals surface area contributed by atoms with E-state index >= 15 is 0 Å². The highest BCUT2D eigenvalue weighted by molar-refractivity contribution is 5.55. The van der Waals surface area contributed by atoms with E-state index in [2.05, 4.69) is 20.3 Å². The molecule has 3 heterocycles. The lowest BCUT2D eigenvalue weighted by Gasteiger charge is -2.10. The molecule has 0 aliphatic carbocycles. The number of nitrogens with one attached hydrogen (secondary N) is 2. The first-order chi connectivity index (χ1) is 10.7. The van der Waals surface area contributed by atoms with Crippen LogP contribution in [-0.2, 0) is 11.2 Å². The maximum Gasteiger partial charge on any atom is 0.251 e. The van der Waals surface area contributed by atoms with E-state index in [0.29, 0.717) is 11.7 Å². The van der Waals surface area contributed by atoms with E-state index in [-0.39, 0.29) is 5.56 Å². The van der Waals surface area contributed by atoms with Gasteiger partial charge >= 0.3 is 0 Å². The van der Waals surface area contributed by atoms with Crippen LogP contribution in [0.15, 0.2) is 29.2 Å². The first-order valence-electron chi connectivity index (χ1n) is 7.63. The zero-order valence-corrected chi connectivity index (χ0v) is 12.6. The van der Waals surface area contributed by atoms with Crippen LogP contribution in [0.4, 0.5) is 5.82 Å². The van der Waals surface area contributed by atoms with Crippen LogP contribution in [0.3, 0.4) is 0 Å². The molecule has 6 nitrogen and oxygen atoms in total. The lowest BCUT2D eigenvalue weighted by molar-refractivity contribution is 0.187. The number of hydrogen-bond donors (Lipinski definition) is 2. The molecule has 0 spiro atoms. The van der Waals surface area contributed by atoms with Crippen molar-refractivity contribution < 1.29 is 4.74 Å². The Labute approximate surface area is 129 Å². The molecule has 0 amide bonds. The number of pyridine rings is 1. The molecule has 0 radical (unpaired) electrons. The summed E-state index contributed by atoms with van der Waals surface area (Å²) in [6, 6.07) is 5.35. The molecule has 1 aliphatic heterocycles. The van der Waals surface area contributed by atoms with Gasteiger partial charge in [-0.2, -0.15) is 0 Å². The van der Waals surface area contributed by atoms with Crippen molar-refractivity contribution in [2.75, 3.05) is 25.1 Å². The number of anilines is 1. The molecule has 1 fully saturated rings. The second kappa shape index (κ2) is 6.70. The second-order valence-corrected chi connectivity index (χ2v) is 5.48. The van der Waals surface area contributed by atoms with Crippen molar-refractivity contribution in [3.05, 3.63) is 40.4 Å². The van der Waals surface area contributed by atoms with Gasteiger partial charge in [0.2, 0.25) is 0 Å². The third-order valence-electron chi connectivity index (χ3n) is 3.79. The number of nitrogens with zero attached hydrogens (tertiary/aromatic N) is 2. The van der Waals surface area contributed by atoms with E-state index < -0.39 is 0 Å². The number of ether oxygens (including phenoxy) is 1. The molecular formula is C16H20N4O2. The van der Waals surface area contributed by atoms with E-state index in [9.17, 15) is 4.79 Å². The van der Waals surface area contributed by atoms with Crippen LogP contribution < -0.4 is 10.9 Å². The smallest absolute Gasteiger partial charge is 0.251 e. The third-order valence-corrected chi connectivity index (χ3v) is 3.79. The van der Waals surface area contributed by atoms with Gasteiger partial charge in [-0.1, -0.05) is 6.92 Å². The quantitative estimate of drug-likeness (QED) is 0.881. The Kier molecular flexibility index (Phi) is 4.48. The van der Waals surface area contributed by atoms with Crippen LogP contribution in [0.5, 0.6) is 0 Å². The molecule has 2 aromatic rings. The number of H-pyrrole nitrogens is 1. The summed E-state index contributed by atoms with van der Waals surface area (Å²) in [7, 11) is 0. The maximum absolute atomic E-state index is 11.6. The van der Waals surface area contributed by atoms with Crippen molar-refractivity contribution in [2.24, 2.45) is 5.92 Å². The fourth-order valence-electron chi connectivity index (χ4n) is 2.46. The molecule has 2 aromatic heterocycles. The van der Waals surface area contributed by atoms with Crippen molar-refractivity contribution in [3.8, 4) is 11.4 Å². The van der Waals surface area contributed by atoms with E-state index in [1.165, 1.54) is 6.07 Å². The van der Waals surface area contributed by atoms with Crippen molar-refractivity contribution in [1.29, 1.82) is 0 Å². The minimum absolute atomic E-state index is 0.134. The van der Waals surface area contributed by atoms with Crippen molar-refractivity contribution >= 4 is 5.82 Å². The highest BCUT2D eigenvalue weighted by Gasteiger charge is 2.15. The first kappa shape index (κ1) is 14.7. The highest BCUT2D eigenvalue weighted by atomic mass is 16.5. The summed E-state index contributed by atoms with van der Waals surface area (Å²) in [5, 5.41) is 3.32. The Balaban J connectivity index is 1.70. The standard InChI is InChI=1S/C16H20N4O2/c1-2-13-7-15(21)20-16(19-13)12-3-4-14(18-9-12)17-8-11-5-6-22-10-11/h3-4,7,9,11H,2,5-6,8,10H2,1H3,(H,17,18)(H,19,20,21)/t11-/m0/s1. The predicted molar refractivity (Wildman–Crippen MR) is 84.9 cm³/mol. The zero-order chi connectivity index (χ0) is 15.4. The largest absolute Gasteiger partial charge is 0.381 e. The van der Waals surface area contributed by atoms with Gasteiger partial charge in [-0.25, -0.2) is 9.97 Å². The fourth-order valence-corrected chi connectivity index (χ4v) is 2.46. The van der Waals surface area contributed by atoms with E-state index in [0.717, 1.165) is 49.7 Å². The summed E-state index contributed by atoms with van der Waals surface area (Å²) >= 11 is 0. The summed E-state index contributed by atoms with van der Waals surface area (Å²) in [4.78, 5) is 23.2. The number of rotatable bonds is 5. The van der Waals surface area contributed by atoms with Crippen LogP contribution in [0.1, 0.15) is 19.0 Å². The van der Waals surface area contributed by atoms with Crippen LogP contribution >= 0.6 is 0 Å². The summed E-state index contributed by atoms with van der Waals surface area (Å²) < 4.78 is 5.35. The van der Waals surface area contributed by atoms with Crippen molar-refractivity contribution in [3.63, 3.8) is 0 Å². The lowest BCUT2D eigenvalue weighted by atomic mass is 10.1. The molecule has 3 rings (SSSR count). The van der Waals surface area contributed by atoms with Crippen LogP contribution in [0.2, 0.25) is 0 Å². The average Bonchev–Trinajstić information content (AvgIpc) is 3.06. The minimum Gasteiger partial charge on any atom is -0.381 e. The molecule has 116 valence electrons. The van der Waals surface area contributed by atoms with Gasteiger partial charge in [-0.15, -0.1) is 0 Å².